The Hall–Kier alpha value is -1.86. The van der Waals surface area contributed by atoms with Crippen molar-refractivity contribution >= 4 is 18.2 Å². The van der Waals surface area contributed by atoms with Gasteiger partial charge in [-0.05, 0) is 25.7 Å². The fourth-order valence-electron chi connectivity index (χ4n) is 1.91. The summed E-state index contributed by atoms with van der Waals surface area (Å²) in [6.07, 6.45) is 6.75. The van der Waals surface area contributed by atoms with Crippen LogP contribution in [0.3, 0.4) is 0 Å². The molecule has 0 heterocycles. The van der Waals surface area contributed by atoms with E-state index in [4.69, 9.17) is 0 Å². The molecule has 0 aromatic rings. The zero-order valence-electron chi connectivity index (χ0n) is 8.63. The molecular weight excluding hydrogens is 210 g/mol. The van der Waals surface area contributed by atoms with Gasteiger partial charge in [0.1, 0.15) is 0 Å². The predicted molar refractivity (Wildman–Crippen MR) is 54.2 cm³/mol. The normalized spacial score (nSPS) is 28.9. The van der Waals surface area contributed by atoms with E-state index < -0.39 is 0 Å². The van der Waals surface area contributed by atoms with Crippen LogP contribution in [-0.2, 0) is 14.4 Å². The van der Waals surface area contributed by atoms with Gasteiger partial charge in [-0.25, -0.2) is 29.4 Å². The number of hydrogen-bond acceptors (Lipinski definition) is 6. The molecule has 1 rings (SSSR count). The topological polar surface area (TPSA) is 88.3 Å². The van der Waals surface area contributed by atoms with Crippen LogP contribution in [0.1, 0.15) is 25.7 Å². The van der Waals surface area contributed by atoms with Crippen molar-refractivity contribution in [3.05, 3.63) is 0 Å². The van der Waals surface area contributed by atoms with Crippen LogP contribution in [0.15, 0.2) is 15.0 Å². The van der Waals surface area contributed by atoms with E-state index in [2.05, 4.69) is 15.0 Å². The quantitative estimate of drug-likeness (QED) is 0.398. The Balaban J connectivity index is 2.78. The van der Waals surface area contributed by atoms with E-state index in [-0.39, 0.29) is 18.1 Å². The Morgan fingerprint density at radius 3 is 1.44 bits per heavy atom. The van der Waals surface area contributed by atoms with E-state index in [9.17, 15) is 14.4 Å². The second-order valence-corrected chi connectivity index (χ2v) is 3.67. The first kappa shape index (κ1) is 12.2. The number of carbonyl (C=O) groups excluding carboxylic acids is 3. The molecule has 6 heteroatoms. The third kappa shape index (κ3) is 3.71. The van der Waals surface area contributed by atoms with Crippen molar-refractivity contribution in [2.75, 3.05) is 0 Å². The van der Waals surface area contributed by atoms with Crippen LogP contribution in [0, 0.1) is 0 Å². The first-order valence-corrected chi connectivity index (χ1v) is 5.01. The average molecular weight is 221 g/mol. The highest BCUT2D eigenvalue weighted by atomic mass is 16.1. The molecule has 2 unspecified atom stereocenters. The van der Waals surface area contributed by atoms with Gasteiger partial charge in [0.05, 0.1) is 18.1 Å². The van der Waals surface area contributed by atoms with Crippen LogP contribution in [0.25, 0.3) is 0 Å². The van der Waals surface area contributed by atoms with Gasteiger partial charge < -0.3 is 0 Å². The lowest BCUT2D eigenvalue weighted by molar-refractivity contribution is 0.502. The number of rotatable bonds is 3. The molecule has 16 heavy (non-hydrogen) atoms. The molecule has 1 saturated carbocycles. The second kappa shape index (κ2) is 6.59. The molecule has 1 aliphatic carbocycles. The summed E-state index contributed by atoms with van der Waals surface area (Å²) in [6, 6.07) is -0.692. The van der Waals surface area contributed by atoms with Crippen molar-refractivity contribution in [3.63, 3.8) is 0 Å². The van der Waals surface area contributed by atoms with Crippen molar-refractivity contribution in [1.82, 2.24) is 0 Å². The SMILES string of the molecule is O=C=NC1CCC(N=C=O)CC(N=C=O)C1. The molecule has 0 aromatic carbocycles. The molecule has 0 spiro atoms. The minimum atomic E-state index is -0.288. The zero-order chi connectivity index (χ0) is 11.8. The summed E-state index contributed by atoms with van der Waals surface area (Å²) >= 11 is 0. The standard InChI is InChI=1S/C10H11N3O3/c14-5-11-8-1-2-9(12-6-15)4-10(3-8)13-7-16/h8-10H,1-4H2. The second-order valence-electron chi connectivity index (χ2n) is 3.67. The van der Waals surface area contributed by atoms with Gasteiger partial charge in [0.25, 0.3) is 0 Å². The van der Waals surface area contributed by atoms with Crippen LogP contribution in [0.4, 0.5) is 0 Å². The zero-order valence-corrected chi connectivity index (χ0v) is 8.63. The Kier molecular flexibility index (Phi) is 5.03. The van der Waals surface area contributed by atoms with Gasteiger partial charge in [-0.15, -0.1) is 0 Å². The largest absolute Gasteiger partial charge is 0.235 e. The predicted octanol–water partition coefficient (Wildman–Crippen LogP) is 0.674. The maximum atomic E-state index is 10.2. The van der Waals surface area contributed by atoms with Crippen molar-refractivity contribution in [2.24, 2.45) is 15.0 Å². The minimum Gasteiger partial charge on any atom is -0.211 e. The highest BCUT2D eigenvalue weighted by Crippen LogP contribution is 2.24. The number of aliphatic imine (C=N–C) groups is 3. The van der Waals surface area contributed by atoms with Gasteiger partial charge in [0.2, 0.25) is 18.2 Å². The average Bonchev–Trinajstić information content (AvgIpc) is 2.43. The van der Waals surface area contributed by atoms with Crippen LogP contribution in [-0.4, -0.2) is 36.4 Å². The first-order valence-electron chi connectivity index (χ1n) is 5.01. The Labute approximate surface area is 92.2 Å². The number of hydrogen-bond donors (Lipinski definition) is 0. The molecule has 6 nitrogen and oxygen atoms in total. The minimum absolute atomic E-state index is 0.202. The van der Waals surface area contributed by atoms with E-state index in [1.807, 2.05) is 0 Å². The maximum Gasteiger partial charge on any atom is 0.235 e. The fourth-order valence-corrected chi connectivity index (χ4v) is 1.91. The van der Waals surface area contributed by atoms with Crippen molar-refractivity contribution < 1.29 is 14.4 Å². The molecule has 84 valence electrons. The molecule has 2 atom stereocenters. The fraction of sp³-hybridized carbons (Fsp3) is 0.700. The van der Waals surface area contributed by atoms with Gasteiger partial charge in [-0.1, -0.05) is 0 Å². The molecule has 0 radical (unpaired) electrons. The molecule has 0 aliphatic heterocycles. The third-order valence-electron chi connectivity index (χ3n) is 2.63. The van der Waals surface area contributed by atoms with Crippen LogP contribution in [0.5, 0.6) is 0 Å². The van der Waals surface area contributed by atoms with Gasteiger partial charge in [0.15, 0.2) is 0 Å². The first-order chi connectivity index (χ1) is 7.80. The molecule has 0 bridgehead atoms. The molecule has 1 aliphatic rings. The molecular formula is C10H11N3O3. The maximum absolute atomic E-state index is 10.2. The Morgan fingerprint density at radius 2 is 1.06 bits per heavy atom. The monoisotopic (exact) mass is 221 g/mol. The summed E-state index contributed by atoms with van der Waals surface area (Å²) in [5.41, 5.74) is 0. The third-order valence-corrected chi connectivity index (χ3v) is 2.63. The van der Waals surface area contributed by atoms with Crippen molar-refractivity contribution in [2.45, 2.75) is 43.8 Å². The van der Waals surface area contributed by atoms with Gasteiger partial charge >= 0.3 is 0 Å². The molecule has 0 saturated heterocycles. The molecule has 1 fully saturated rings. The summed E-state index contributed by atoms with van der Waals surface area (Å²) < 4.78 is 0. The summed E-state index contributed by atoms with van der Waals surface area (Å²) in [6.45, 7) is 0. The van der Waals surface area contributed by atoms with Crippen LogP contribution < -0.4 is 0 Å². The van der Waals surface area contributed by atoms with Gasteiger partial charge in [-0.2, -0.15) is 0 Å². The number of nitrogens with zero attached hydrogens (tertiary/aromatic N) is 3. The van der Waals surface area contributed by atoms with Gasteiger partial charge in [0, 0.05) is 0 Å². The van der Waals surface area contributed by atoms with E-state index in [1.54, 1.807) is 0 Å². The lowest BCUT2D eigenvalue weighted by atomic mass is 10.1. The molecule has 0 amide bonds. The summed E-state index contributed by atoms with van der Waals surface area (Å²) in [5.74, 6) is 0. The van der Waals surface area contributed by atoms with Gasteiger partial charge in [-0.3, -0.25) is 0 Å². The summed E-state index contributed by atoms with van der Waals surface area (Å²) in [5, 5.41) is 0. The van der Waals surface area contributed by atoms with Crippen LogP contribution >= 0.6 is 0 Å². The summed E-state index contributed by atoms with van der Waals surface area (Å²) in [4.78, 5) is 41.4. The van der Waals surface area contributed by atoms with E-state index in [0.29, 0.717) is 25.7 Å². The highest BCUT2D eigenvalue weighted by Gasteiger charge is 2.25. The Morgan fingerprint density at radius 1 is 0.688 bits per heavy atom. The molecule has 0 N–H and O–H groups in total. The number of isocyanates is 3. The van der Waals surface area contributed by atoms with E-state index in [0.717, 1.165) is 0 Å². The highest BCUT2D eigenvalue weighted by molar-refractivity contribution is 5.35. The molecule has 0 aromatic heterocycles. The van der Waals surface area contributed by atoms with Crippen molar-refractivity contribution in [3.8, 4) is 0 Å². The lowest BCUT2D eigenvalue weighted by Gasteiger charge is -2.10. The van der Waals surface area contributed by atoms with Crippen LogP contribution in [0.2, 0.25) is 0 Å². The Bertz CT molecular complexity index is 349. The summed E-state index contributed by atoms with van der Waals surface area (Å²) in [7, 11) is 0. The van der Waals surface area contributed by atoms with E-state index in [1.165, 1.54) is 18.2 Å². The smallest absolute Gasteiger partial charge is 0.211 e. The van der Waals surface area contributed by atoms with E-state index >= 15 is 0 Å². The van der Waals surface area contributed by atoms with Crippen molar-refractivity contribution in [1.29, 1.82) is 0 Å². The lowest BCUT2D eigenvalue weighted by Crippen LogP contribution is -2.14.